The number of amides is 3. The molecule has 1 aliphatic heterocycles. The number of fused-ring (bicyclic) bond motifs is 1. The molecule has 2 heterocycles. The second-order valence-corrected chi connectivity index (χ2v) is 9.32. The minimum absolute atomic E-state index is 0.0238. The first-order valence-electron chi connectivity index (χ1n) is 10.9. The highest BCUT2D eigenvalue weighted by atomic mass is 35.5. The van der Waals surface area contributed by atoms with Crippen LogP contribution >= 0.6 is 11.6 Å². The molecule has 8 nitrogen and oxygen atoms in total. The molecule has 3 N–H and O–H groups in total. The molecular weight excluding hydrogens is 508 g/mol. The van der Waals surface area contributed by atoms with Gasteiger partial charge in [-0.05, 0) is 31.4 Å². The minimum Gasteiger partial charge on any atom is -0.357 e. The van der Waals surface area contributed by atoms with Crippen LogP contribution < -0.4 is 16.0 Å². The number of hydrogen-bond donors (Lipinski definition) is 3. The van der Waals surface area contributed by atoms with E-state index in [-0.39, 0.29) is 22.5 Å². The average Bonchev–Trinajstić information content (AvgIpc) is 3.34. The van der Waals surface area contributed by atoms with Gasteiger partial charge in [0.15, 0.2) is 11.6 Å². The van der Waals surface area contributed by atoms with Crippen molar-refractivity contribution in [3.05, 3.63) is 51.3 Å². The number of carbonyl (C=O) groups is 4. The number of anilines is 1. The van der Waals surface area contributed by atoms with Crippen LogP contribution in [0.2, 0.25) is 5.02 Å². The highest BCUT2D eigenvalue weighted by Gasteiger charge is 2.62. The SMILES string of the molecule is CNC(=O)C1(NC(=O)C(=O)c2c(C)c(C(=O)Nc3cc(F)c(F)c(Cl)c3)n3c2CCC3)CC(F)(F)C1. The summed E-state index contributed by atoms with van der Waals surface area (Å²) in [4.78, 5) is 51.2. The van der Waals surface area contributed by atoms with Gasteiger partial charge in [-0.25, -0.2) is 17.6 Å². The van der Waals surface area contributed by atoms with Gasteiger partial charge in [0, 0.05) is 43.9 Å². The van der Waals surface area contributed by atoms with Crippen molar-refractivity contribution in [1.82, 2.24) is 15.2 Å². The Kier molecular flexibility index (Phi) is 6.36. The molecule has 0 bridgehead atoms. The van der Waals surface area contributed by atoms with Crippen LogP contribution in [0, 0.1) is 18.6 Å². The molecule has 0 spiro atoms. The summed E-state index contributed by atoms with van der Waals surface area (Å²) in [5.74, 6) is -9.63. The summed E-state index contributed by atoms with van der Waals surface area (Å²) in [6, 6.07) is 1.77. The topological polar surface area (TPSA) is 109 Å². The van der Waals surface area contributed by atoms with Gasteiger partial charge in [-0.3, -0.25) is 19.2 Å². The van der Waals surface area contributed by atoms with Crippen molar-refractivity contribution in [2.75, 3.05) is 12.4 Å². The Morgan fingerprint density at radius 1 is 1.11 bits per heavy atom. The molecule has 1 fully saturated rings. The maximum Gasteiger partial charge on any atom is 0.293 e. The van der Waals surface area contributed by atoms with Crippen LogP contribution in [-0.2, 0) is 22.6 Å². The Morgan fingerprint density at radius 3 is 2.36 bits per heavy atom. The number of rotatable bonds is 6. The van der Waals surface area contributed by atoms with Crippen LogP contribution in [0.5, 0.6) is 0 Å². The molecule has 1 aromatic heterocycles. The molecule has 1 saturated carbocycles. The molecule has 0 saturated heterocycles. The number of nitrogens with zero attached hydrogens (tertiary/aromatic N) is 1. The number of nitrogens with one attached hydrogen (secondary N) is 3. The Bertz CT molecular complexity index is 1290. The van der Waals surface area contributed by atoms with Gasteiger partial charge in [-0.2, -0.15) is 0 Å². The highest BCUT2D eigenvalue weighted by molar-refractivity contribution is 6.44. The maximum absolute atomic E-state index is 13.7. The van der Waals surface area contributed by atoms with E-state index in [1.807, 2.05) is 0 Å². The summed E-state index contributed by atoms with van der Waals surface area (Å²) < 4.78 is 55.9. The van der Waals surface area contributed by atoms with Gasteiger partial charge in [0.25, 0.3) is 23.5 Å². The third kappa shape index (κ3) is 4.23. The van der Waals surface area contributed by atoms with Crippen LogP contribution in [0.4, 0.5) is 23.2 Å². The van der Waals surface area contributed by atoms with Gasteiger partial charge in [-0.1, -0.05) is 11.6 Å². The summed E-state index contributed by atoms with van der Waals surface area (Å²) in [5.41, 5.74) is -1.56. The number of aromatic nitrogens is 1. The zero-order valence-corrected chi connectivity index (χ0v) is 19.9. The van der Waals surface area contributed by atoms with Gasteiger partial charge in [0.1, 0.15) is 11.2 Å². The summed E-state index contributed by atoms with van der Waals surface area (Å²) in [5, 5.41) is 6.26. The Labute approximate surface area is 207 Å². The monoisotopic (exact) mass is 528 g/mol. The maximum atomic E-state index is 13.7. The molecular formula is C23H21ClF4N4O4. The number of likely N-dealkylation sites (N-methyl/N-ethyl adjacent to an activating group) is 1. The number of alkyl halides is 2. The number of hydrogen-bond acceptors (Lipinski definition) is 4. The lowest BCUT2D eigenvalue weighted by molar-refractivity contribution is -0.164. The summed E-state index contributed by atoms with van der Waals surface area (Å²) in [6.07, 6.45) is -0.979. The van der Waals surface area contributed by atoms with Crippen LogP contribution in [0.25, 0.3) is 0 Å². The second-order valence-electron chi connectivity index (χ2n) is 8.91. The molecule has 192 valence electrons. The summed E-state index contributed by atoms with van der Waals surface area (Å²) in [6.45, 7) is 1.78. The third-order valence-corrected chi connectivity index (χ3v) is 6.71. The second kappa shape index (κ2) is 8.91. The zero-order chi connectivity index (χ0) is 26.6. The van der Waals surface area contributed by atoms with Crippen molar-refractivity contribution >= 4 is 40.8 Å². The minimum atomic E-state index is -3.16. The molecule has 2 aliphatic rings. The molecule has 4 rings (SSSR count). The first-order chi connectivity index (χ1) is 16.8. The fourth-order valence-corrected chi connectivity index (χ4v) is 5.10. The van der Waals surface area contributed by atoms with Crippen molar-refractivity contribution in [3.8, 4) is 0 Å². The van der Waals surface area contributed by atoms with Crippen LogP contribution in [-0.4, -0.2) is 46.6 Å². The van der Waals surface area contributed by atoms with E-state index in [4.69, 9.17) is 11.6 Å². The van der Waals surface area contributed by atoms with E-state index in [9.17, 15) is 36.7 Å². The van der Waals surface area contributed by atoms with Crippen LogP contribution in [0.15, 0.2) is 12.1 Å². The molecule has 3 amide bonds. The van der Waals surface area contributed by atoms with Crippen LogP contribution in [0.3, 0.4) is 0 Å². The van der Waals surface area contributed by atoms with Crippen LogP contribution in [0.1, 0.15) is 51.4 Å². The number of Topliss-reactive ketones (excluding diaryl/α,β-unsaturated/α-hetero) is 1. The van der Waals surface area contributed by atoms with E-state index in [1.54, 1.807) is 4.57 Å². The molecule has 36 heavy (non-hydrogen) atoms. The predicted octanol–water partition coefficient (Wildman–Crippen LogP) is 3.14. The fourth-order valence-electron chi connectivity index (χ4n) is 4.89. The lowest BCUT2D eigenvalue weighted by Crippen LogP contribution is -2.69. The summed E-state index contributed by atoms with van der Waals surface area (Å²) >= 11 is 5.64. The first kappa shape index (κ1) is 25.7. The number of carbonyl (C=O) groups excluding carboxylic acids is 4. The van der Waals surface area contributed by atoms with Crippen molar-refractivity contribution in [1.29, 1.82) is 0 Å². The van der Waals surface area contributed by atoms with Crippen molar-refractivity contribution in [2.45, 2.75) is 50.6 Å². The smallest absolute Gasteiger partial charge is 0.293 e. The van der Waals surface area contributed by atoms with E-state index >= 15 is 0 Å². The molecule has 1 aromatic carbocycles. The number of benzene rings is 1. The molecule has 0 unspecified atom stereocenters. The molecule has 2 aromatic rings. The van der Waals surface area contributed by atoms with Crippen molar-refractivity contribution in [3.63, 3.8) is 0 Å². The Hall–Kier alpha value is -3.41. The number of halogens is 5. The van der Waals surface area contributed by atoms with Crippen molar-refractivity contribution in [2.24, 2.45) is 0 Å². The third-order valence-electron chi connectivity index (χ3n) is 6.44. The van der Waals surface area contributed by atoms with E-state index in [1.165, 1.54) is 14.0 Å². The first-order valence-corrected chi connectivity index (χ1v) is 11.3. The van der Waals surface area contributed by atoms with Gasteiger partial charge >= 0.3 is 0 Å². The predicted molar refractivity (Wildman–Crippen MR) is 120 cm³/mol. The van der Waals surface area contributed by atoms with Gasteiger partial charge < -0.3 is 20.5 Å². The van der Waals surface area contributed by atoms with Crippen molar-refractivity contribution < 1.29 is 36.7 Å². The summed E-state index contributed by atoms with van der Waals surface area (Å²) in [7, 11) is 1.23. The van der Waals surface area contributed by atoms with E-state index in [2.05, 4.69) is 16.0 Å². The van der Waals surface area contributed by atoms with Gasteiger partial charge in [-0.15, -0.1) is 0 Å². The molecule has 1 aliphatic carbocycles. The lowest BCUT2D eigenvalue weighted by atomic mass is 9.72. The van der Waals surface area contributed by atoms with E-state index in [0.717, 1.165) is 12.1 Å². The highest BCUT2D eigenvalue weighted by Crippen LogP contribution is 2.46. The Morgan fingerprint density at radius 2 is 1.78 bits per heavy atom. The quantitative estimate of drug-likeness (QED) is 0.232. The van der Waals surface area contributed by atoms with Gasteiger partial charge in [0.05, 0.1) is 10.6 Å². The van der Waals surface area contributed by atoms with Gasteiger partial charge in [0.2, 0.25) is 5.91 Å². The molecule has 13 heteroatoms. The Balaban J connectivity index is 1.63. The number of ketones is 1. The largest absolute Gasteiger partial charge is 0.357 e. The molecule has 0 atom stereocenters. The molecule has 0 radical (unpaired) electrons. The average molecular weight is 529 g/mol. The normalized spacial score (nSPS) is 17.1. The van der Waals surface area contributed by atoms with E-state index in [0.29, 0.717) is 25.1 Å². The lowest BCUT2D eigenvalue weighted by Gasteiger charge is -2.45. The fraction of sp³-hybridized carbons (Fsp3) is 0.391. The zero-order valence-electron chi connectivity index (χ0n) is 19.2. The van der Waals surface area contributed by atoms with E-state index < -0.39 is 64.5 Å². The standard InChI is InChI=1S/C23H21ClF4N4O4/c1-10-15(18(33)20(35)31-22(21(36)29-2)8-23(27,28)9-22)14-4-3-5-32(14)17(10)19(34)30-11-6-12(24)16(26)13(25)7-11/h6-7H,3-5,8-9H2,1-2H3,(H,29,36)(H,30,34)(H,31,35).